The normalized spacial score (nSPS) is 18.9. The van der Waals surface area contributed by atoms with Gasteiger partial charge in [0.15, 0.2) is 0 Å². The number of H-pyrrole nitrogens is 1. The standard InChI is InChI=1S/C13H13N3O2/c14-13(17)18-9-4-3-8(6-9)10-7-16-11-2-1-5-15-12(10)11/h1-3,5,7,9,16H,4,6H2,(H2,14,17). The van der Waals surface area contributed by atoms with Crippen LogP contribution in [-0.4, -0.2) is 22.2 Å². The minimum absolute atomic E-state index is 0.147. The summed E-state index contributed by atoms with van der Waals surface area (Å²) in [6, 6.07) is 3.88. The summed E-state index contributed by atoms with van der Waals surface area (Å²) in [6.45, 7) is 0. The number of hydrogen-bond donors (Lipinski definition) is 2. The highest BCUT2D eigenvalue weighted by Crippen LogP contribution is 2.33. The number of aromatic nitrogens is 2. The number of nitrogens with two attached hydrogens (primary N) is 1. The van der Waals surface area contributed by atoms with E-state index in [0.29, 0.717) is 12.8 Å². The molecule has 1 unspecified atom stereocenters. The van der Waals surface area contributed by atoms with Crippen LogP contribution < -0.4 is 5.73 Å². The van der Waals surface area contributed by atoms with E-state index in [4.69, 9.17) is 10.5 Å². The van der Waals surface area contributed by atoms with Gasteiger partial charge >= 0.3 is 6.09 Å². The van der Waals surface area contributed by atoms with Crippen LogP contribution in [-0.2, 0) is 4.74 Å². The van der Waals surface area contributed by atoms with Crippen LogP contribution in [0.1, 0.15) is 18.4 Å². The maximum absolute atomic E-state index is 10.7. The van der Waals surface area contributed by atoms with Crippen LogP contribution in [0.4, 0.5) is 4.79 Å². The highest BCUT2D eigenvalue weighted by atomic mass is 16.6. The average molecular weight is 243 g/mol. The van der Waals surface area contributed by atoms with Gasteiger partial charge in [-0.05, 0) is 17.7 Å². The Bertz CT molecular complexity index is 630. The van der Waals surface area contributed by atoms with E-state index in [0.717, 1.165) is 22.2 Å². The van der Waals surface area contributed by atoms with E-state index in [-0.39, 0.29) is 6.10 Å². The van der Waals surface area contributed by atoms with E-state index in [1.54, 1.807) is 6.20 Å². The molecule has 1 aliphatic rings. The SMILES string of the molecule is NC(=O)OC1CC=C(c2c[nH]c3cccnc23)C1. The molecule has 0 fully saturated rings. The first-order valence-corrected chi connectivity index (χ1v) is 5.81. The first-order valence-electron chi connectivity index (χ1n) is 5.81. The fraction of sp³-hybridized carbons (Fsp3) is 0.231. The van der Waals surface area contributed by atoms with Gasteiger partial charge in [-0.25, -0.2) is 4.79 Å². The fourth-order valence-electron chi connectivity index (χ4n) is 2.36. The van der Waals surface area contributed by atoms with Crippen molar-refractivity contribution in [2.75, 3.05) is 0 Å². The molecule has 3 N–H and O–H groups in total. The second-order valence-electron chi connectivity index (χ2n) is 4.33. The summed E-state index contributed by atoms with van der Waals surface area (Å²) in [7, 11) is 0. The Morgan fingerprint density at radius 1 is 1.56 bits per heavy atom. The molecular weight excluding hydrogens is 230 g/mol. The van der Waals surface area contributed by atoms with Gasteiger partial charge in [-0.3, -0.25) is 4.98 Å². The Hall–Kier alpha value is -2.30. The molecule has 0 bridgehead atoms. The molecule has 1 amide bonds. The van der Waals surface area contributed by atoms with E-state index in [2.05, 4.69) is 16.0 Å². The van der Waals surface area contributed by atoms with E-state index in [9.17, 15) is 4.79 Å². The fourth-order valence-corrected chi connectivity index (χ4v) is 2.36. The molecule has 1 aliphatic carbocycles. The van der Waals surface area contributed by atoms with Crippen LogP contribution in [0, 0.1) is 0 Å². The molecule has 2 aromatic rings. The van der Waals surface area contributed by atoms with Gasteiger partial charge in [0.1, 0.15) is 6.10 Å². The summed E-state index contributed by atoms with van der Waals surface area (Å²) in [5, 5.41) is 0. The predicted molar refractivity (Wildman–Crippen MR) is 67.8 cm³/mol. The monoisotopic (exact) mass is 243 g/mol. The molecule has 0 radical (unpaired) electrons. The highest BCUT2D eigenvalue weighted by molar-refractivity contribution is 5.90. The molecular formula is C13H13N3O2. The first kappa shape index (κ1) is 10.8. The number of rotatable bonds is 2. The molecule has 2 aromatic heterocycles. The lowest BCUT2D eigenvalue weighted by molar-refractivity contribution is 0.114. The number of carbonyl (C=O) groups is 1. The van der Waals surface area contributed by atoms with Crippen molar-refractivity contribution in [3.63, 3.8) is 0 Å². The van der Waals surface area contributed by atoms with Gasteiger partial charge in [-0.15, -0.1) is 0 Å². The molecule has 0 saturated carbocycles. The summed E-state index contributed by atoms with van der Waals surface area (Å²) in [4.78, 5) is 18.3. The Labute approximate surface area is 104 Å². The van der Waals surface area contributed by atoms with Crippen LogP contribution in [0.5, 0.6) is 0 Å². The molecule has 3 rings (SSSR count). The zero-order chi connectivity index (χ0) is 12.5. The summed E-state index contributed by atoms with van der Waals surface area (Å²) < 4.78 is 5.01. The number of nitrogens with one attached hydrogen (secondary N) is 1. The highest BCUT2D eigenvalue weighted by Gasteiger charge is 2.22. The third-order valence-electron chi connectivity index (χ3n) is 3.14. The van der Waals surface area contributed by atoms with Crippen molar-refractivity contribution in [2.45, 2.75) is 18.9 Å². The van der Waals surface area contributed by atoms with Crippen molar-refractivity contribution in [3.05, 3.63) is 36.2 Å². The quantitative estimate of drug-likeness (QED) is 0.848. The number of ether oxygens (including phenoxy) is 1. The third-order valence-corrected chi connectivity index (χ3v) is 3.14. The summed E-state index contributed by atoms with van der Waals surface area (Å²) in [5.41, 5.74) is 9.19. The second-order valence-corrected chi connectivity index (χ2v) is 4.33. The molecule has 18 heavy (non-hydrogen) atoms. The zero-order valence-electron chi connectivity index (χ0n) is 9.72. The molecule has 5 heteroatoms. The minimum atomic E-state index is -0.716. The largest absolute Gasteiger partial charge is 0.446 e. The van der Waals surface area contributed by atoms with Gasteiger partial charge in [0.05, 0.1) is 11.0 Å². The van der Waals surface area contributed by atoms with Gasteiger partial charge in [0.2, 0.25) is 0 Å². The van der Waals surface area contributed by atoms with Gasteiger partial charge in [0, 0.05) is 30.8 Å². The van der Waals surface area contributed by atoms with Crippen LogP contribution in [0.3, 0.4) is 0 Å². The van der Waals surface area contributed by atoms with E-state index >= 15 is 0 Å². The Balaban J connectivity index is 1.86. The Morgan fingerprint density at radius 3 is 3.28 bits per heavy atom. The van der Waals surface area contributed by atoms with Crippen molar-refractivity contribution >= 4 is 22.7 Å². The van der Waals surface area contributed by atoms with Crippen LogP contribution in [0.25, 0.3) is 16.6 Å². The molecule has 1 atom stereocenters. The number of hydrogen-bond acceptors (Lipinski definition) is 3. The number of carbonyl (C=O) groups excluding carboxylic acids is 1. The number of aromatic amines is 1. The van der Waals surface area contributed by atoms with E-state index in [1.807, 2.05) is 18.3 Å². The van der Waals surface area contributed by atoms with Crippen LogP contribution in [0.2, 0.25) is 0 Å². The maximum Gasteiger partial charge on any atom is 0.404 e. The topological polar surface area (TPSA) is 81.0 Å². The number of pyridine rings is 1. The lowest BCUT2D eigenvalue weighted by Crippen LogP contribution is -2.20. The minimum Gasteiger partial charge on any atom is -0.446 e. The van der Waals surface area contributed by atoms with Gasteiger partial charge in [-0.1, -0.05) is 6.08 Å². The Kier molecular flexibility index (Phi) is 2.51. The molecule has 0 spiro atoms. The number of nitrogens with zero attached hydrogens (tertiary/aromatic N) is 1. The molecule has 0 saturated heterocycles. The van der Waals surface area contributed by atoms with Crippen molar-refractivity contribution in [3.8, 4) is 0 Å². The summed E-state index contributed by atoms with van der Waals surface area (Å²) in [5.74, 6) is 0. The van der Waals surface area contributed by atoms with Crippen molar-refractivity contribution < 1.29 is 9.53 Å². The Morgan fingerprint density at radius 2 is 2.44 bits per heavy atom. The van der Waals surface area contributed by atoms with Gasteiger partial charge in [0.25, 0.3) is 0 Å². The molecule has 5 nitrogen and oxygen atoms in total. The molecule has 2 heterocycles. The number of amides is 1. The molecule has 0 aliphatic heterocycles. The number of fused-ring (bicyclic) bond motifs is 1. The summed E-state index contributed by atoms with van der Waals surface area (Å²) in [6.07, 6.45) is 6.32. The lowest BCUT2D eigenvalue weighted by Gasteiger charge is -2.09. The van der Waals surface area contributed by atoms with Crippen LogP contribution in [0.15, 0.2) is 30.6 Å². The molecule has 92 valence electrons. The molecule has 0 aromatic carbocycles. The predicted octanol–water partition coefficient (Wildman–Crippen LogP) is 2.20. The zero-order valence-corrected chi connectivity index (χ0v) is 9.72. The van der Waals surface area contributed by atoms with Crippen LogP contribution >= 0.6 is 0 Å². The average Bonchev–Trinajstić information content (AvgIpc) is 2.94. The van der Waals surface area contributed by atoms with Crippen molar-refractivity contribution in [1.29, 1.82) is 0 Å². The van der Waals surface area contributed by atoms with E-state index in [1.165, 1.54) is 0 Å². The van der Waals surface area contributed by atoms with Gasteiger partial charge < -0.3 is 15.5 Å². The second kappa shape index (κ2) is 4.18. The summed E-state index contributed by atoms with van der Waals surface area (Å²) >= 11 is 0. The number of primary amides is 1. The smallest absolute Gasteiger partial charge is 0.404 e. The van der Waals surface area contributed by atoms with Gasteiger partial charge in [-0.2, -0.15) is 0 Å². The third kappa shape index (κ3) is 1.84. The van der Waals surface area contributed by atoms with Crippen molar-refractivity contribution in [2.24, 2.45) is 5.73 Å². The maximum atomic E-state index is 10.7. The first-order chi connectivity index (χ1) is 8.74. The van der Waals surface area contributed by atoms with Crippen molar-refractivity contribution in [1.82, 2.24) is 9.97 Å². The van der Waals surface area contributed by atoms with E-state index < -0.39 is 6.09 Å². The lowest BCUT2D eigenvalue weighted by atomic mass is 10.1.